The molecule has 0 spiro atoms. The smallest absolute Gasteiger partial charge is 0.242 e. The Bertz CT molecular complexity index is 387. The second kappa shape index (κ2) is 7.29. The summed E-state index contributed by atoms with van der Waals surface area (Å²) in [6.07, 6.45) is 0.905. The van der Waals surface area contributed by atoms with Crippen LogP contribution in [0.15, 0.2) is 30.3 Å². The van der Waals surface area contributed by atoms with Crippen LogP contribution in [0.3, 0.4) is 0 Å². The van der Waals surface area contributed by atoms with E-state index in [1.165, 1.54) is 5.56 Å². The van der Waals surface area contributed by atoms with Crippen molar-refractivity contribution in [3.8, 4) is 0 Å². The number of benzene rings is 1. The molecule has 19 heavy (non-hydrogen) atoms. The summed E-state index contributed by atoms with van der Waals surface area (Å²) < 4.78 is 0. The Morgan fingerprint density at radius 2 is 1.84 bits per heavy atom. The van der Waals surface area contributed by atoms with Crippen molar-refractivity contribution in [2.45, 2.75) is 39.7 Å². The molecule has 1 aromatic rings. The number of carbonyl (C=O) groups excluding carboxylic acids is 1. The van der Waals surface area contributed by atoms with Gasteiger partial charge in [-0.1, -0.05) is 37.3 Å². The normalized spacial score (nSPS) is 11.4. The number of hydrogen-bond acceptors (Lipinski definition) is 2. The first-order valence-electron chi connectivity index (χ1n) is 7.09. The Kier molecular flexibility index (Phi) is 6.03. The van der Waals surface area contributed by atoms with E-state index in [4.69, 9.17) is 0 Å². The van der Waals surface area contributed by atoms with E-state index in [9.17, 15) is 4.79 Å². The van der Waals surface area contributed by atoms with Crippen LogP contribution in [0.25, 0.3) is 0 Å². The Balaban J connectivity index is 2.60. The molecule has 3 heteroatoms. The molecule has 0 heterocycles. The molecule has 106 valence electrons. The number of rotatable bonds is 7. The van der Waals surface area contributed by atoms with Gasteiger partial charge in [-0.25, -0.2) is 0 Å². The minimum Gasteiger partial charge on any atom is -0.341 e. The first-order chi connectivity index (χ1) is 9.01. The molecule has 0 saturated heterocycles. The van der Waals surface area contributed by atoms with E-state index in [-0.39, 0.29) is 5.91 Å². The van der Waals surface area contributed by atoms with E-state index >= 15 is 0 Å². The second-order valence-corrected chi connectivity index (χ2v) is 5.28. The SMILES string of the molecule is CCNC(C)(C)C(=O)N(CC)CCc1ccccc1. The van der Waals surface area contributed by atoms with Gasteiger partial charge < -0.3 is 10.2 Å². The van der Waals surface area contributed by atoms with Gasteiger partial charge >= 0.3 is 0 Å². The summed E-state index contributed by atoms with van der Waals surface area (Å²) in [6, 6.07) is 10.3. The van der Waals surface area contributed by atoms with Crippen LogP contribution in [0.4, 0.5) is 0 Å². The molecule has 0 fully saturated rings. The van der Waals surface area contributed by atoms with Gasteiger partial charge in [0.15, 0.2) is 0 Å². The quantitative estimate of drug-likeness (QED) is 0.818. The summed E-state index contributed by atoms with van der Waals surface area (Å²) in [5.41, 5.74) is 0.788. The fourth-order valence-corrected chi connectivity index (χ4v) is 2.22. The maximum atomic E-state index is 12.5. The average molecular weight is 262 g/mol. The van der Waals surface area contributed by atoms with Crippen molar-refractivity contribution in [1.82, 2.24) is 10.2 Å². The molecule has 1 N–H and O–H groups in total. The predicted octanol–water partition coefficient (Wildman–Crippen LogP) is 2.47. The fourth-order valence-electron chi connectivity index (χ4n) is 2.22. The van der Waals surface area contributed by atoms with Crippen molar-refractivity contribution in [2.75, 3.05) is 19.6 Å². The number of amides is 1. The molecule has 1 rings (SSSR count). The third-order valence-corrected chi connectivity index (χ3v) is 3.34. The highest BCUT2D eigenvalue weighted by atomic mass is 16.2. The number of likely N-dealkylation sites (N-methyl/N-ethyl adjacent to an activating group) is 2. The van der Waals surface area contributed by atoms with Crippen LogP contribution in [-0.2, 0) is 11.2 Å². The van der Waals surface area contributed by atoms with Crippen LogP contribution >= 0.6 is 0 Å². The third kappa shape index (κ3) is 4.67. The monoisotopic (exact) mass is 262 g/mol. The van der Waals surface area contributed by atoms with Gasteiger partial charge in [-0.3, -0.25) is 4.79 Å². The van der Waals surface area contributed by atoms with Crippen molar-refractivity contribution < 1.29 is 4.79 Å². The van der Waals surface area contributed by atoms with Gasteiger partial charge in [0.2, 0.25) is 5.91 Å². The molecule has 0 bridgehead atoms. The molecule has 0 radical (unpaired) electrons. The Morgan fingerprint density at radius 3 is 2.37 bits per heavy atom. The van der Waals surface area contributed by atoms with E-state index in [0.29, 0.717) is 0 Å². The van der Waals surface area contributed by atoms with E-state index in [0.717, 1.165) is 26.1 Å². The van der Waals surface area contributed by atoms with Crippen LogP contribution in [0.2, 0.25) is 0 Å². The first-order valence-corrected chi connectivity index (χ1v) is 7.09. The number of nitrogens with one attached hydrogen (secondary N) is 1. The van der Waals surface area contributed by atoms with Crippen molar-refractivity contribution in [3.05, 3.63) is 35.9 Å². The summed E-state index contributed by atoms with van der Waals surface area (Å²) in [5.74, 6) is 0.174. The van der Waals surface area contributed by atoms with E-state index in [2.05, 4.69) is 17.4 Å². The van der Waals surface area contributed by atoms with Crippen LogP contribution < -0.4 is 5.32 Å². The van der Waals surface area contributed by atoms with Crippen molar-refractivity contribution in [2.24, 2.45) is 0 Å². The van der Waals surface area contributed by atoms with Gasteiger partial charge in [0, 0.05) is 13.1 Å². The van der Waals surface area contributed by atoms with E-state index in [1.54, 1.807) is 0 Å². The van der Waals surface area contributed by atoms with Gasteiger partial charge in [0.1, 0.15) is 0 Å². The number of nitrogens with zero attached hydrogens (tertiary/aromatic N) is 1. The maximum absolute atomic E-state index is 12.5. The molecule has 0 aliphatic carbocycles. The topological polar surface area (TPSA) is 32.3 Å². The zero-order valence-corrected chi connectivity index (χ0v) is 12.6. The summed E-state index contributed by atoms with van der Waals surface area (Å²) in [7, 11) is 0. The van der Waals surface area contributed by atoms with Crippen molar-refractivity contribution in [1.29, 1.82) is 0 Å². The predicted molar refractivity (Wildman–Crippen MR) is 80.2 cm³/mol. The molecular weight excluding hydrogens is 236 g/mol. The van der Waals surface area contributed by atoms with Gasteiger partial charge in [-0.2, -0.15) is 0 Å². The molecule has 0 aromatic heterocycles. The van der Waals surface area contributed by atoms with Gasteiger partial charge in [-0.15, -0.1) is 0 Å². The first kappa shape index (κ1) is 15.7. The Morgan fingerprint density at radius 1 is 1.21 bits per heavy atom. The van der Waals surface area contributed by atoms with Crippen molar-refractivity contribution >= 4 is 5.91 Å². The lowest BCUT2D eigenvalue weighted by Crippen LogP contribution is -2.54. The highest BCUT2D eigenvalue weighted by molar-refractivity contribution is 5.85. The second-order valence-electron chi connectivity index (χ2n) is 5.28. The summed E-state index contributed by atoms with van der Waals surface area (Å²) >= 11 is 0. The molecule has 0 aliphatic rings. The van der Waals surface area contributed by atoms with Crippen molar-refractivity contribution in [3.63, 3.8) is 0 Å². The fraction of sp³-hybridized carbons (Fsp3) is 0.562. The average Bonchev–Trinajstić information content (AvgIpc) is 2.40. The third-order valence-electron chi connectivity index (χ3n) is 3.34. The van der Waals surface area contributed by atoms with Crippen LogP contribution in [-0.4, -0.2) is 36.0 Å². The molecule has 3 nitrogen and oxygen atoms in total. The van der Waals surface area contributed by atoms with Crippen LogP contribution in [0.5, 0.6) is 0 Å². The molecule has 1 amide bonds. The number of carbonyl (C=O) groups is 1. The Hall–Kier alpha value is -1.35. The molecule has 0 saturated carbocycles. The molecular formula is C16H26N2O. The molecule has 1 aromatic carbocycles. The highest BCUT2D eigenvalue weighted by Gasteiger charge is 2.29. The van der Waals surface area contributed by atoms with E-state index in [1.807, 2.05) is 50.8 Å². The molecule has 0 aliphatic heterocycles. The minimum atomic E-state index is -0.485. The summed E-state index contributed by atoms with van der Waals surface area (Å²) in [4.78, 5) is 14.4. The summed E-state index contributed by atoms with van der Waals surface area (Å²) in [5, 5.41) is 3.24. The lowest BCUT2D eigenvalue weighted by molar-refractivity contribution is -0.136. The summed E-state index contributed by atoms with van der Waals surface area (Å²) in [6.45, 7) is 10.3. The maximum Gasteiger partial charge on any atom is 0.242 e. The molecule has 0 atom stereocenters. The largest absolute Gasteiger partial charge is 0.341 e. The standard InChI is InChI=1S/C16H26N2O/c1-5-17-16(3,4)15(19)18(6-2)13-12-14-10-8-7-9-11-14/h7-11,17H,5-6,12-13H2,1-4H3. The lowest BCUT2D eigenvalue weighted by atomic mass is 10.0. The van der Waals surface area contributed by atoms with Gasteiger partial charge in [0.25, 0.3) is 0 Å². The molecule has 0 unspecified atom stereocenters. The Labute approximate surface area is 117 Å². The van der Waals surface area contributed by atoms with Gasteiger partial charge in [-0.05, 0) is 39.3 Å². The van der Waals surface area contributed by atoms with Gasteiger partial charge in [0.05, 0.1) is 5.54 Å². The van der Waals surface area contributed by atoms with Crippen LogP contribution in [0.1, 0.15) is 33.3 Å². The number of hydrogen-bond donors (Lipinski definition) is 1. The lowest BCUT2D eigenvalue weighted by Gasteiger charge is -2.32. The minimum absolute atomic E-state index is 0.174. The van der Waals surface area contributed by atoms with E-state index < -0.39 is 5.54 Å². The zero-order chi connectivity index (χ0) is 14.3. The zero-order valence-electron chi connectivity index (χ0n) is 12.6. The van der Waals surface area contributed by atoms with Crippen LogP contribution in [0, 0.1) is 0 Å². The highest BCUT2D eigenvalue weighted by Crippen LogP contribution is 2.09.